The van der Waals surface area contributed by atoms with Crippen LogP contribution in [0.5, 0.6) is 0 Å². The topological polar surface area (TPSA) is 101 Å². The summed E-state index contributed by atoms with van der Waals surface area (Å²) in [6.07, 6.45) is 3.31. The molecule has 0 spiro atoms. The lowest BCUT2D eigenvalue weighted by Crippen LogP contribution is -2.55. The normalized spacial score (nSPS) is 18.5. The highest BCUT2D eigenvalue weighted by Crippen LogP contribution is 2.31. The van der Waals surface area contributed by atoms with Gasteiger partial charge >= 0.3 is 0 Å². The molecule has 6 nitrogen and oxygen atoms in total. The van der Waals surface area contributed by atoms with E-state index in [-0.39, 0.29) is 11.7 Å². The van der Waals surface area contributed by atoms with Gasteiger partial charge in [0.2, 0.25) is 0 Å². The van der Waals surface area contributed by atoms with Crippen LogP contribution < -0.4 is 11.1 Å². The van der Waals surface area contributed by atoms with Gasteiger partial charge in [-0.05, 0) is 26.7 Å². The summed E-state index contributed by atoms with van der Waals surface area (Å²) >= 11 is 1.36. The maximum absolute atomic E-state index is 12.3. The molecule has 19 heavy (non-hydrogen) atoms. The third-order valence-corrected chi connectivity index (χ3v) is 4.59. The lowest BCUT2D eigenvalue weighted by Gasteiger charge is -2.28. The monoisotopic (exact) mass is 282 g/mol. The van der Waals surface area contributed by atoms with Crippen LogP contribution in [0.1, 0.15) is 46.1 Å². The quantitative estimate of drug-likeness (QED) is 0.339. The lowest BCUT2D eigenvalue weighted by atomic mass is 9.96. The average molecular weight is 282 g/mol. The van der Waals surface area contributed by atoms with Gasteiger partial charge in [-0.25, -0.2) is 4.98 Å². The van der Waals surface area contributed by atoms with Gasteiger partial charge in [0.25, 0.3) is 5.91 Å². The molecule has 1 fully saturated rings. The van der Waals surface area contributed by atoms with E-state index >= 15 is 0 Å². The fraction of sp³-hybridized carbons (Fsp3) is 0.583. The molecule has 104 valence electrons. The van der Waals surface area contributed by atoms with Gasteiger partial charge in [0, 0.05) is 0 Å². The van der Waals surface area contributed by atoms with Gasteiger partial charge in [-0.2, -0.15) is 0 Å². The van der Waals surface area contributed by atoms with Crippen molar-refractivity contribution >= 4 is 23.1 Å². The van der Waals surface area contributed by atoms with Gasteiger partial charge in [-0.1, -0.05) is 18.0 Å². The molecule has 1 aliphatic carbocycles. The Morgan fingerprint density at radius 1 is 1.47 bits per heavy atom. The minimum absolute atomic E-state index is 0.0808. The van der Waals surface area contributed by atoms with E-state index < -0.39 is 5.54 Å². The van der Waals surface area contributed by atoms with Crippen LogP contribution in [0, 0.1) is 13.8 Å². The molecule has 1 heterocycles. The number of aryl methyl sites for hydroxylation is 2. The molecule has 1 saturated carbocycles. The van der Waals surface area contributed by atoms with Crippen LogP contribution in [0.25, 0.3) is 0 Å². The van der Waals surface area contributed by atoms with Gasteiger partial charge in [-0.3, -0.25) is 4.79 Å². The van der Waals surface area contributed by atoms with Gasteiger partial charge < -0.3 is 16.3 Å². The van der Waals surface area contributed by atoms with Crippen molar-refractivity contribution in [2.45, 2.75) is 45.1 Å². The number of amidine groups is 1. The van der Waals surface area contributed by atoms with Crippen molar-refractivity contribution in [2.75, 3.05) is 0 Å². The van der Waals surface area contributed by atoms with Crippen LogP contribution in [-0.2, 0) is 0 Å². The van der Waals surface area contributed by atoms with E-state index in [1.807, 2.05) is 13.8 Å². The van der Waals surface area contributed by atoms with Gasteiger partial charge in [0.15, 0.2) is 5.84 Å². The first-order valence-electron chi connectivity index (χ1n) is 6.23. The van der Waals surface area contributed by atoms with Gasteiger partial charge in [-0.15, -0.1) is 11.3 Å². The summed E-state index contributed by atoms with van der Waals surface area (Å²) in [4.78, 5) is 17.2. The largest absolute Gasteiger partial charge is 0.409 e. The van der Waals surface area contributed by atoms with Crippen molar-refractivity contribution in [3.05, 3.63) is 15.6 Å². The minimum Gasteiger partial charge on any atom is -0.409 e. The number of carbonyl (C=O) groups excluding carboxylic acids is 1. The maximum atomic E-state index is 12.3. The summed E-state index contributed by atoms with van der Waals surface area (Å²) in [7, 11) is 0. The number of carbonyl (C=O) groups is 1. The fourth-order valence-electron chi connectivity index (χ4n) is 2.54. The standard InChI is InChI=1S/C12H18N4O2S/c1-7-9(19-8(2)14-7)10(17)15-12(11(13)16-18)5-3-4-6-12/h18H,3-6H2,1-2H3,(H2,13,16)(H,15,17). The van der Waals surface area contributed by atoms with Crippen LogP contribution in [0.2, 0.25) is 0 Å². The highest BCUT2D eigenvalue weighted by atomic mass is 32.1. The van der Waals surface area contributed by atoms with Crippen LogP contribution >= 0.6 is 11.3 Å². The van der Waals surface area contributed by atoms with Crippen molar-refractivity contribution in [2.24, 2.45) is 10.9 Å². The first-order valence-corrected chi connectivity index (χ1v) is 7.05. The molecule has 0 radical (unpaired) electrons. The number of aromatic nitrogens is 1. The van der Waals surface area contributed by atoms with Crippen molar-refractivity contribution in [3.8, 4) is 0 Å². The molecule has 0 atom stereocenters. The predicted octanol–water partition coefficient (Wildman–Crippen LogP) is 1.55. The summed E-state index contributed by atoms with van der Waals surface area (Å²) in [6, 6.07) is 0. The van der Waals surface area contributed by atoms with Crippen LogP contribution in [-0.4, -0.2) is 27.5 Å². The molecule has 0 bridgehead atoms. The smallest absolute Gasteiger partial charge is 0.264 e. The molecule has 1 amide bonds. The summed E-state index contributed by atoms with van der Waals surface area (Å²) in [5.74, 6) is -0.117. The molecule has 0 unspecified atom stereocenters. The predicted molar refractivity (Wildman–Crippen MR) is 73.7 cm³/mol. The number of hydrogen-bond acceptors (Lipinski definition) is 5. The molecule has 0 aliphatic heterocycles. The first-order chi connectivity index (χ1) is 8.98. The van der Waals surface area contributed by atoms with Crippen molar-refractivity contribution < 1.29 is 10.0 Å². The second kappa shape index (κ2) is 5.16. The second-order valence-corrected chi connectivity index (χ2v) is 6.08. The van der Waals surface area contributed by atoms with Crippen LogP contribution in [0.3, 0.4) is 0 Å². The lowest BCUT2D eigenvalue weighted by molar-refractivity contribution is 0.0926. The second-order valence-electron chi connectivity index (χ2n) is 4.88. The van der Waals surface area contributed by atoms with E-state index in [9.17, 15) is 4.79 Å². The summed E-state index contributed by atoms with van der Waals surface area (Å²) in [5.41, 5.74) is 5.76. The number of hydrogen-bond donors (Lipinski definition) is 3. The zero-order valence-electron chi connectivity index (χ0n) is 11.1. The van der Waals surface area contributed by atoms with Crippen LogP contribution in [0.15, 0.2) is 5.16 Å². The molecular formula is C12H18N4O2S. The zero-order chi connectivity index (χ0) is 14.0. The van der Waals surface area contributed by atoms with E-state index in [0.29, 0.717) is 23.4 Å². The number of nitrogens with one attached hydrogen (secondary N) is 1. The Balaban J connectivity index is 2.23. The fourth-order valence-corrected chi connectivity index (χ4v) is 3.35. The van der Waals surface area contributed by atoms with Crippen molar-refractivity contribution in [1.29, 1.82) is 0 Å². The van der Waals surface area contributed by atoms with E-state index in [2.05, 4.69) is 15.5 Å². The van der Waals surface area contributed by atoms with E-state index in [1.54, 1.807) is 0 Å². The summed E-state index contributed by atoms with van der Waals surface area (Å²) in [6.45, 7) is 3.67. The molecule has 4 N–H and O–H groups in total. The molecule has 2 rings (SSSR count). The third kappa shape index (κ3) is 2.56. The Bertz CT molecular complexity index is 518. The number of nitrogens with two attached hydrogens (primary N) is 1. The van der Waals surface area contributed by atoms with Crippen molar-refractivity contribution in [3.63, 3.8) is 0 Å². The molecule has 1 aromatic rings. The van der Waals surface area contributed by atoms with Gasteiger partial charge in [0.05, 0.1) is 10.7 Å². The molecule has 1 aliphatic rings. The van der Waals surface area contributed by atoms with Gasteiger partial charge in [0.1, 0.15) is 10.4 Å². The maximum Gasteiger partial charge on any atom is 0.264 e. The highest BCUT2D eigenvalue weighted by molar-refractivity contribution is 7.13. The molecular weight excluding hydrogens is 264 g/mol. The Morgan fingerprint density at radius 3 is 2.58 bits per heavy atom. The molecule has 0 aromatic carbocycles. The number of amides is 1. The Morgan fingerprint density at radius 2 is 2.11 bits per heavy atom. The Kier molecular flexibility index (Phi) is 3.75. The van der Waals surface area contributed by atoms with E-state index in [1.165, 1.54) is 11.3 Å². The van der Waals surface area contributed by atoms with Crippen molar-refractivity contribution in [1.82, 2.24) is 10.3 Å². The third-order valence-electron chi connectivity index (χ3n) is 3.52. The first kappa shape index (κ1) is 13.8. The average Bonchev–Trinajstić information content (AvgIpc) is 2.96. The van der Waals surface area contributed by atoms with E-state index in [4.69, 9.17) is 10.9 Å². The van der Waals surface area contributed by atoms with Crippen LogP contribution in [0.4, 0.5) is 0 Å². The minimum atomic E-state index is -0.712. The molecule has 0 saturated heterocycles. The number of nitrogens with zero attached hydrogens (tertiary/aromatic N) is 2. The summed E-state index contributed by atoms with van der Waals surface area (Å²) < 4.78 is 0. The Labute approximate surface area is 115 Å². The highest BCUT2D eigenvalue weighted by Gasteiger charge is 2.40. The summed E-state index contributed by atoms with van der Waals surface area (Å²) in [5, 5.41) is 15.8. The van der Waals surface area contributed by atoms with E-state index in [0.717, 1.165) is 17.8 Å². The Hall–Kier alpha value is -1.63. The number of thiazole rings is 1. The number of rotatable bonds is 3. The SMILES string of the molecule is Cc1nc(C)c(C(=O)NC2(C(N)=NO)CCCC2)s1. The molecule has 1 aromatic heterocycles. The number of oxime groups is 1. The molecule has 7 heteroatoms. The zero-order valence-corrected chi connectivity index (χ0v) is 11.9.